The Kier molecular flexibility index (Phi) is 6.10. The van der Waals surface area contributed by atoms with Gasteiger partial charge in [-0.1, -0.05) is 30.3 Å². The molecule has 1 heterocycles. The summed E-state index contributed by atoms with van der Waals surface area (Å²) < 4.78 is 5.07. The Morgan fingerprint density at radius 1 is 1.22 bits per heavy atom. The van der Waals surface area contributed by atoms with E-state index in [9.17, 15) is 14.4 Å². The minimum absolute atomic E-state index is 0.0791. The van der Waals surface area contributed by atoms with Gasteiger partial charge in [-0.2, -0.15) is 0 Å². The van der Waals surface area contributed by atoms with Gasteiger partial charge in [-0.15, -0.1) is 0 Å². The number of esters is 1. The SMILES string of the molecule is O=C(CNCC(=O)N1CCC[C@H]1C(=O)O)OCc1ccccc1. The maximum Gasteiger partial charge on any atom is 0.326 e. The smallest absolute Gasteiger partial charge is 0.326 e. The van der Waals surface area contributed by atoms with Gasteiger partial charge >= 0.3 is 11.9 Å². The normalized spacial score (nSPS) is 17.0. The number of carboxylic acid groups (broad SMARTS) is 1. The van der Waals surface area contributed by atoms with Crippen molar-refractivity contribution in [2.75, 3.05) is 19.6 Å². The molecular weight excluding hydrogens is 300 g/mol. The molecule has 2 N–H and O–H groups in total. The predicted octanol–water partition coefficient (Wildman–Crippen LogP) is 0.395. The lowest BCUT2D eigenvalue weighted by Crippen LogP contribution is -2.45. The number of carboxylic acids is 1. The maximum absolute atomic E-state index is 12.0. The number of nitrogens with one attached hydrogen (secondary N) is 1. The number of carbonyl (C=O) groups excluding carboxylic acids is 2. The number of ether oxygens (including phenoxy) is 1. The van der Waals surface area contributed by atoms with Gasteiger partial charge in [-0.25, -0.2) is 4.79 Å². The van der Waals surface area contributed by atoms with Crippen molar-refractivity contribution < 1.29 is 24.2 Å². The number of hydrogen-bond acceptors (Lipinski definition) is 5. The van der Waals surface area contributed by atoms with Gasteiger partial charge in [0.05, 0.1) is 13.1 Å². The molecule has 0 saturated carbocycles. The minimum atomic E-state index is -0.988. The third kappa shape index (κ3) is 5.07. The molecule has 0 aromatic heterocycles. The Hall–Kier alpha value is -2.41. The van der Waals surface area contributed by atoms with E-state index < -0.39 is 18.0 Å². The Balaban J connectivity index is 1.67. The fourth-order valence-corrected chi connectivity index (χ4v) is 2.48. The molecule has 1 amide bonds. The fourth-order valence-electron chi connectivity index (χ4n) is 2.48. The topological polar surface area (TPSA) is 95.9 Å². The Morgan fingerprint density at radius 2 is 1.96 bits per heavy atom. The van der Waals surface area contributed by atoms with Crippen LogP contribution in [-0.4, -0.2) is 53.5 Å². The zero-order valence-corrected chi connectivity index (χ0v) is 12.7. The molecule has 124 valence electrons. The Morgan fingerprint density at radius 3 is 2.65 bits per heavy atom. The molecule has 0 unspecified atom stereocenters. The number of benzene rings is 1. The van der Waals surface area contributed by atoms with Crippen LogP contribution in [0.2, 0.25) is 0 Å². The van der Waals surface area contributed by atoms with Crippen LogP contribution in [0.3, 0.4) is 0 Å². The first-order chi connectivity index (χ1) is 11.1. The molecule has 7 heteroatoms. The van der Waals surface area contributed by atoms with E-state index in [1.54, 1.807) is 0 Å². The monoisotopic (exact) mass is 320 g/mol. The second kappa shape index (κ2) is 8.28. The number of amides is 1. The van der Waals surface area contributed by atoms with Gasteiger partial charge in [0.15, 0.2) is 0 Å². The summed E-state index contributed by atoms with van der Waals surface area (Å²) in [4.78, 5) is 35.9. The van der Waals surface area contributed by atoms with Crippen LogP contribution < -0.4 is 5.32 Å². The lowest BCUT2D eigenvalue weighted by molar-refractivity contribution is -0.148. The molecule has 1 saturated heterocycles. The minimum Gasteiger partial charge on any atom is -0.480 e. The molecule has 0 aliphatic carbocycles. The molecule has 0 bridgehead atoms. The zero-order chi connectivity index (χ0) is 16.7. The highest BCUT2D eigenvalue weighted by molar-refractivity contribution is 5.85. The average Bonchev–Trinajstić information content (AvgIpc) is 3.04. The summed E-state index contributed by atoms with van der Waals surface area (Å²) in [6.07, 6.45) is 1.15. The van der Waals surface area contributed by atoms with Gasteiger partial charge in [0.25, 0.3) is 0 Å². The molecule has 23 heavy (non-hydrogen) atoms. The van der Waals surface area contributed by atoms with Crippen molar-refractivity contribution in [2.24, 2.45) is 0 Å². The molecule has 7 nitrogen and oxygen atoms in total. The number of hydrogen-bond donors (Lipinski definition) is 2. The van der Waals surface area contributed by atoms with Crippen molar-refractivity contribution >= 4 is 17.8 Å². The van der Waals surface area contributed by atoms with Crippen molar-refractivity contribution in [3.8, 4) is 0 Å². The standard InChI is InChI=1S/C16H20N2O5/c19-14(18-8-4-7-13(18)16(21)22)9-17-10-15(20)23-11-12-5-2-1-3-6-12/h1-3,5-6,13,17H,4,7-11H2,(H,21,22)/t13-/m0/s1. The van der Waals surface area contributed by atoms with Crippen molar-refractivity contribution in [1.29, 1.82) is 0 Å². The van der Waals surface area contributed by atoms with Crippen LogP contribution in [0.25, 0.3) is 0 Å². The van der Waals surface area contributed by atoms with Gasteiger partial charge < -0.3 is 14.7 Å². The van der Waals surface area contributed by atoms with E-state index in [0.717, 1.165) is 5.56 Å². The third-order valence-electron chi connectivity index (χ3n) is 3.65. The molecule has 1 fully saturated rings. The van der Waals surface area contributed by atoms with E-state index in [-0.39, 0.29) is 25.6 Å². The molecule has 1 aliphatic rings. The summed E-state index contributed by atoms with van der Waals surface area (Å²) in [5, 5.41) is 11.7. The van der Waals surface area contributed by atoms with Crippen LogP contribution in [-0.2, 0) is 25.7 Å². The van der Waals surface area contributed by atoms with Crippen LogP contribution in [0.1, 0.15) is 18.4 Å². The average molecular weight is 320 g/mol. The van der Waals surface area contributed by atoms with Gasteiger partial charge in [-0.3, -0.25) is 14.9 Å². The number of aliphatic carboxylic acids is 1. The summed E-state index contributed by atoms with van der Waals surface area (Å²) in [6.45, 7) is 0.451. The van der Waals surface area contributed by atoms with E-state index in [2.05, 4.69) is 5.32 Å². The van der Waals surface area contributed by atoms with Crippen LogP contribution in [0.5, 0.6) is 0 Å². The lowest BCUT2D eigenvalue weighted by atomic mass is 10.2. The summed E-state index contributed by atoms with van der Waals surface area (Å²) in [5.41, 5.74) is 0.887. The summed E-state index contributed by atoms with van der Waals surface area (Å²) in [5.74, 6) is -1.76. The van der Waals surface area contributed by atoms with E-state index in [0.29, 0.717) is 19.4 Å². The van der Waals surface area contributed by atoms with E-state index in [4.69, 9.17) is 9.84 Å². The number of nitrogens with zero attached hydrogens (tertiary/aromatic N) is 1. The Labute approximate surface area is 134 Å². The first-order valence-electron chi connectivity index (χ1n) is 7.50. The quantitative estimate of drug-likeness (QED) is 0.706. The van der Waals surface area contributed by atoms with Gasteiger partial charge in [0, 0.05) is 6.54 Å². The molecule has 1 atom stereocenters. The molecule has 1 aliphatic heterocycles. The highest BCUT2D eigenvalue weighted by Crippen LogP contribution is 2.17. The first-order valence-corrected chi connectivity index (χ1v) is 7.50. The van der Waals surface area contributed by atoms with Gasteiger partial charge in [0.1, 0.15) is 12.6 Å². The molecule has 0 radical (unpaired) electrons. The maximum atomic E-state index is 12.0. The summed E-state index contributed by atoms with van der Waals surface area (Å²) in [7, 11) is 0. The number of likely N-dealkylation sites (tertiary alicyclic amines) is 1. The fraction of sp³-hybridized carbons (Fsp3) is 0.438. The second-order valence-corrected chi connectivity index (χ2v) is 5.33. The number of carbonyl (C=O) groups is 3. The van der Waals surface area contributed by atoms with Crippen LogP contribution in [0.15, 0.2) is 30.3 Å². The summed E-state index contributed by atoms with van der Waals surface area (Å²) in [6, 6.07) is 8.53. The molecule has 2 rings (SSSR count). The molecule has 1 aromatic carbocycles. The van der Waals surface area contributed by atoms with Crippen molar-refractivity contribution in [3.63, 3.8) is 0 Å². The zero-order valence-electron chi connectivity index (χ0n) is 12.7. The number of rotatable bonds is 7. The first kappa shape index (κ1) is 17.0. The largest absolute Gasteiger partial charge is 0.480 e. The second-order valence-electron chi connectivity index (χ2n) is 5.33. The molecule has 1 aromatic rings. The van der Waals surface area contributed by atoms with Crippen LogP contribution >= 0.6 is 0 Å². The van der Waals surface area contributed by atoms with Gasteiger partial charge in [0.2, 0.25) is 5.91 Å². The van der Waals surface area contributed by atoms with E-state index in [1.807, 2.05) is 30.3 Å². The van der Waals surface area contributed by atoms with Crippen molar-refractivity contribution in [2.45, 2.75) is 25.5 Å². The summed E-state index contributed by atoms with van der Waals surface area (Å²) >= 11 is 0. The highest BCUT2D eigenvalue weighted by atomic mass is 16.5. The van der Waals surface area contributed by atoms with Gasteiger partial charge in [-0.05, 0) is 18.4 Å². The highest BCUT2D eigenvalue weighted by Gasteiger charge is 2.33. The lowest BCUT2D eigenvalue weighted by Gasteiger charge is -2.21. The van der Waals surface area contributed by atoms with Crippen LogP contribution in [0, 0.1) is 0 Å². The van der Waals surface area contributed by atoms with Crippen LogP contribution in [0.4, 0.5) is 0 Å². The van der Waals surface area contributed by atoms with E-state index >= 15 is 0 Å². The van der Waals surface area contributed by atoms with Crippen molar-refractivity contribution in [1.82, 2.24) is 10.2 Å². The molecule has 0 spiro atoms. The molecular formula is C16H20N2O5. The van der Waals surface area contributed by atoms with E-state index in [1.165, 1.54) is 4.90 Å². The Bertz CT molecular complexity index is 561. The third-order valence-corrected chi connectivity index (χ3v) is 3.65. The predicted molar refractivity (Wildman–Crippen MR) is 81.5 cm³/mol. The van der Waals surface area contributed by atoms with Crippen molar-refractivity contribution in [3.05, 3.63) is 35.9 Å².